The first kappa shape index (κ1) is 74.1. The highest BCUT2D eigenvalue weighted by atomic mass is 16.4. The molecule has 0 aliphatic carbocycles. The van der Waals surface area contributed by atoms with Gasteiger partial charge in [0.25, 0.3) is 0 Å². The number of hydrogen-bond donors (Lipinski definition) is 13. The van der Waals surface area contributed by atoms with Crippen LogP contribution in [0, 0.1) is 23.7 Å². The van der Waals surface area contributed by atoms with Crippen molar-refractivity contribution in [1.82, 2.24) is 26.6 Å². The number of unbranched alkanes of at least 4 members (excludes halogenated alkanes) is 6. The summed E-state index contributed by atoms with van der Waals surface area (Å²) >= 11 is 0. The molecule has 25 heteroatoms. The van der Waals surface area contributed by atoms with E-state index in [0.29, 0.717) is 75.3 Å². The summed E-state index contributed by atoms with van der Waals surface area (Å²) in [5.74, 6) is -13.7. The highest BCUT2D eigenvalue weighted by Crippen LogP contribution is 2.26. The molecule has 0 fully saturated rings. The van der Waals surface area contributed by atoms with Crippen molar-refractivity contribution in [2.24, 2.45) is 23.7 Å². The Kier molecular flexibility index (Phi) is 34.0. The first-order valence-electron chi connectivity index (χ1n) is 30.0. The lowest BCUT2D eigenvalue weighted by molar-refractivity contribution is -0.144. The van der Waals surface area contributed by atoms with Crippen molar-refractivity contribution in [2.45, 2.75) is 172 Å². The molecule has 88 heavy (non-hydrogen) atoms. The van der Waals surface area contributed by atoms with Gasteiger partial charge in [-0.15, -0.1) is 0 Å². The molecular formula is C63H87N5O20. The Balaban J connectivity index is 1.54. The number of carbonyl (C=O) groups is 12. The molecule has 13 N–H and O–H groups in total. The van der Waals surface area contributed by atoms with Gasteiger partial charge in [-0.3, -0.25) is 43.2 Å². The number of phenols is 1. The normalized spacial score (nSPS) is 13.9. The van der Waals surface area contributed by atoms with Crippen LogP contribution in [0.1, 0.15) is 146 Å². The lowest BCUT2D eigenvalue weighted by Crippen LogP contribution is -2.51. The van der Waals surface area contributed by atoms with Gasteiger partial charge in [0.05, 0.1) is 25.2 Å². The molecule has 5 amide bonds. The second-order valence-corrected chi connectivity index (χ2v) is 22.2. The predicted molar refractivity (Wildman–Crippen MR) is 319 cm³/mol. The first-order valence-corrected chi connectivity index (χ1v) is 30.0. The van der Waals surface area contributed by atoms with E-state index in [1.807, 2.05) is 36.4 Å². The van der Waals surface area contributed by atoms with Gasteiger partial charge < -0.3 is 67.4 Å². The monoisotopic (exact) mass is 1230 g/mol. The van der Waals surface area contributed by atoms with Crippen LogP contribution in [0.25, 0.3) is 10.8 Å². The number of aliphatic hydroxyl groups excluding tert-OH is 3. The van der Waals surface area contributed by atoms with E-state index in [1.54, 1.807) is 13.0 Å². The highest BCUT2D eigenvalue weighted by Gasteiger charge is 2.36. The van der Waals surface area contributed by atoms with Gasteiger partial charge in [-0.25, -0.2) is 14.4 Å². The van der Waals surface area contributed by atoms with Crippen molar-refractivity contribution in [3.63, 3.8) is 0 Å². The van der Waals surface area contributed by atoms with Gasteiger partial charge in [-0.05, 0) is 98.2 Å². The lowest BCUT2D eigenvalue weighted by atomic mass is 9.80. The standard InChI is InChI=1S/C63H87N5O20/c1-2-56(77)65-52(38-71)55(76)35-45(36-69)48(37-70)53(74)34-44(30-39-22-25-47(73)26-23-39)59(81)66-51(32-40-21-24-41-14-10-11-15-42(41)31-40)54(75)33-43(60(82)83)16-6-5-8-18-46(72)17-7-3-4-9-20-57(78)64-29-13-12-19-49(61(84)85)67-63(88)68-50(62(86)87)27-28-58(79)80/h10-11,14-15,21-26,31,43-45,48-52,69-71,73H,2-9,12-13,16-20,27-30,32-38H2,1H3,(H,64,78)(H,65,77)(H,66,81)(H,79,80)(H,82,83)(H,84,85)(H,86,87)(H2,67,68,88)/t43-,44-,45-,48+,49-,50-,51+,52-/m0/s1. The maximum atomic E-state index is 14.6. The average Bonchev–Trinajstić information content (AvgIpc) is 3.64. The quantitative estimate of drug-likeness (QED) is 0.0350. The van der Waals surface area contributed by atoms with E-state index < -0.39 is 159 Å². The molecule has 0 bridgehead atoms. The van der Waals surface area contributed by atoms with Crippen LogP contribution in [0.3, 0.4) is 0 Å². The lowest BCUT2D eigenvalue weighted by Gasteiger charge is -2.27. The summed E-state index contributed by atoms with van der Waals surface area (Å²) in [6, 6.07) is 12.2. The number of rotatable bonds is 47. The number of fused-ring (bicyclic) bond motifs is 1. The summed E-state index contributed by atoms with van der Waals surface area (Å²) in [4.78, 5) is 152. The zero-order chi connectivity index (χ0) is 65.1. The smallest absolute Gasteiger partial charge is 0.326 e. The number of aliphatic hydroxyl groups is 3. The molecule has 484 valence electrons. The van der Waals surface area contributed by atoms with Crippen molar-refractivity contribution >= 4 is 81.5 Å². The summed E-state index contributed by atoms with van der Waals surface area (Å²) in [6.07, 6.45) is 2.96. The van der Waals surface area contributed by atoms with E-state index in [9.17, 15) is 93.3 Å². The van der Waals surface area contributed by atoms with Crippen molar-refractivity contribution < 1.29 is 98.4 Å². The number of benzene rings is 3. The Labute approximate surface area is 510 Å². The molecule has 0 radical (unpaired) electrons. The Morgan fingerprint density at radius 2 is 1.05 bits per heavy atom. The number of ketones is 4. The van der Waals surface area contributed by atoms with Crippen molar-refractivity contribution in [3.8, 4) is 5.75 Å². The fourth-order valence-corrected chi connectivity index (χ4v) is 10.1. The Bertz CT molecular complexity index is 2810. The van der Waals surface area contributed by atoms with Gasteiger partial charge in [0.2, 0.25) is 17.7 Å². The van der Waals surface area contributed by atoms with Gasteiger partial charge in [0.1, 0.15) is 35.4 Å². The van der Waals surface area contributed by atoms with Crippen molar-refractivity contribution in [3.05, 3.63) is 77.9 Å². The highest BCUT2D eigenvalue weighted by molar-refractivity contribution is 5.95. The Hall–Kier alpha value is -8.16. The number of Topliss-reactive ketones (excluding diaryl/α,β-unsaturated/α-hetero) is 4. The molecule has 0 saturated heterocycles. The van der Waals surface area contributed by atoms with Crippen LogP contribution < -0.4 is 26.6 Å². The zero-order valence-electron chi connectivity index (χ0n) is 49.8. The Morgan fingerprint density at radius 1 is 0.466 bits per heavy atom. The number of urea groups is 1. The molecule has 3 rings (SSSR count). The average molecular weight is 1230 g/mol. The SMILES string of the molecule is CCC(=O)N[C@@H](CO)C(=O)C[C@@H](CO)[C@@H](CO)C(=O)C[C@H](Cc1ccc(O)cc1)C(=O)N[C@H](Cc1ccc2ccccc2c1)C(=O)C[C@H](CCCCCC(=O)CCCCCCC(=O)NCCCC[C@H](NC(=O)N[C@@H](CCC(=O)O)C(=O)O)C(=O)O)C(=O)O. The van der Waals surface area contributed by atoms with E-state index >= 15 is 0 Å². The molecule has 0 heterocycles. The third-order valence-electron chi connectivity index (χ3n) is 15.3. The molecule has 0 saturated carbocycles. The molecule has 0 aliphatic heterocycles. The molecule has 25 nitrogen and oxygen atoms in total. The number of aliphatic carboxylic acids is 4. The van der Waals surface area contributed by atoms with Gasteiger partial charge in [0, 0.05) is 82.3 Å². The summed E-state index contributed by atoms with van der Waals surface area (Å²) < 4.78 is 0. The second-order valence-electron chi connectivity index (χ2n) is 22.2. The number of hydrogen-bond acceptors (Lipinski definition) is 16. The largest absolute Gasteiger partial charge is 0.508 e. The van der Waals surface area contributed by atoms with Crippen molar-refractivity contribution in [2.75, 3.05) is 26.4 Å². The van der Waals surface area contributed by atoms with Gasteiger partial charge in [-0.2, -0.15) is 0 Å². The van der Waals surface area contributed by atoms with E-state index in [2.05, 4.69) is 26.6 Å². The molecule has 3 aromatic rings. The van der Waals surface area contributed by atoms with Crippen molar-refractivity contribution in [1.29, 1.82) is 0 Å². The topological polar surface area (TPSA) is 427 Å². The van der Waals surface area contributed by atoms with Crippen LogP contribution in [0.2, 0.25) is 0 Å². The molecule has 3 aromatic carbocycles. The van der Waals surface area contributed by atoms with Gasteiger partial charge in [-0.1, -0.05) is 87.2 Å². The predicted octanol–water partition coefficient (Wildman–Crippen LogP) is 4.33. The van der Waals surface area contributed by atoms with Crippen LogP contribution in [0.5, 0.6) is 5.75 Å². The van der Waals surface area contributed by atoms with E-state index in [4.69, 9.17) is 5.11 Å². The number of phenolic OH excluding ortho intramolecular Hbond substituents is 1. The van der Waals surface area contributed by atoms with Crippen LogP contribution in [-0.2, 0) is 65.6 Å². The fourth-order valence-electron chi connectivity index (χ4n) is 10.1. The summed E-state index contributed by atoms with van der Waals surface area (Å²) in [6.45, 7) is -0.532. The fraction of sp³-hybridized carbons (Fsp3) is 0.556. The minimum atomic E-state index is -1.53. The number of carboxylic acids is 4. The molecular weight excluding hydrogens is 1150 g/mol. The van der Waals surface area contributed by atoms with Gasteiger partial charge in [0.15, 0.2) is 11.6 Å². The molecule has 0 aromatic heterocycles. The van der Waals surface area contributed by atoms with Crippen LogP contribution in [0.15, 0.2) is 66.7 Å². The first-order chi connectivity index (χ1) is 42.0. The maximum Gasteiger partial charge on any atom is 0.326 e. The minimum Gasteiger partial charge on any atom is -0.508 e. The maximum absolute atomic E-state index is 14.6. The number of nitrogens with one attached hydrogen (secondary N) is 5. The number of amides is 5. The number of carbonyl (C=O) groups excluding carboxylic acids is 8. The molecule has 0 spiro atoms. The molecule has 0 unspecified atom stereocenters. The van der Waals surface area contributed by atoms with E-state index in [-0.39, 0.29) is 68.9 Å². The third-order valence-corrected chi connectivity index (χ3v) is 15.3. The van der Waals surface area contributed by atoms with Crippen LogP contribution in [0.4, 0.5) is 4.79 Å². The van der Waals surface area contributed by atoms with Crippen LogP contribution in [-0.4, -0.2) is 162 Å². The number of aromatic hydroxyl groups is 1. The molecule has 0 aliphatic rings. The Morgan fingerprint density at radius 3 is 1.64 bits per heavy atom. The zero-order valence-corrected chi connectivity index (χ0v) is 49.8. The summed E-state index contributed by atoms with van der Waals surface area (Å²) in [5.41, 5.74) is 1.16. The van der Waals surface area contributed by atoms with Gasteiger partial charge >= 0.3 is 29.9 Å². The molecule has 8 atom stereocenters. The van der Waals surface area contributed by atoms with E-state index in [0.717, 1.165) is 10.8 Å². The minimum absolute atomic E-state index is 0.0161. The summed E-state index contributed by atoms with van der Waals surface area (Å²) in [5, 5.41) is 92.4. The third kappa shape index (κ3) is 28.1. The van der Waals surface area contributed by atoms with E-state index in [1.165, 1.54) is 24.3 Å². The summed E-state index contributed by atoms with van der Waals surface area (Å²) in [7, 11) is 0. The number of carboxylic acid groups (broad SMARTS) is 4. The van der Waals surface area contributed by atoms with Crippen LogP contribution >= 0.6 is 0 Å². The second kappa shape index (κ2) is 40.3.